The van der Waals surface area contributed by atoms with Gasteiger partial charge in [-0.1, -0.05) is 35.4 Å². The van der Waals surface area contributed by atoms with Crippen LogP contribution in [0.1, 0.15) is 0 Å². The second-order valence-electron chi connectivity index (χ2n) is 7.04. The number of nitrogens with one attached hydrogen (secondary N) is 1. The molecule has 27 heavy (non-hydrogen) atoms. The Kier molecular flexibility index (Phi) is 4.00. The molecular formula is C23H23N4+. The first-order chi connectivity index (χ1) is 13.4. The molecule has 1 unspecified atom stereocenters. The van der Waals surface area contributed by atoms with Crippen LogP contribution < -0.4 is 14.8 Å². The monoisotopic (exact) mass is 355 g/mol. The fourth-order valence-electron chi connectivity index (χ4n) is 4.10. The lowest BCUT2D eigenvalue weighted by Crippen LogP contribution is -2.43. The van der Waals surface area contributed by atoms with Gasteiger partial charge in [-0.2, -0.15) is 0 Å². The SMILES string of the molecule is C1=C[N+](c2ccc(N3CCNCC3)cc2)(c2cccc3ccccc23)N=C1. The third-order valence-electron chi connectivity index (χ3n) is 5.50. The molecule has 4 heteroatoms. The molecule has 4 nitrogen and oxygen atoms in total. The van der Waals surface area contributed by atoms with E-state index in [1.165, 1.54) is 22.1 Å². The summed E-state index contributed by atoms with van der Waals surface area (Å²) in [4.78, 5) is 2.44. The molecule has 0 spiro atoms. The highest BCUT2D eigenvalue weighted by Gasteiger charge is 2.35. The van der Waals surface area contributed by atoms with Crippen molar-refractivity contribution in [2.45, 2.75) is 0 Å². The van der Waals surface area contributed by atoms with Crippen molar-refractivity contribution in [3.63, 3.8) is 0 Å². The predicted molar refractivity (Wildman–Crippen MR) is 115 cm³/mol. The zero-order valence-electron chi connectivity index (χ0n) is 15.3. The summed E-state index contributed by atoms with van der Waals surface area (Å²) in [5.41, 5.74) is 3.60. The van der Waals surface area contributed by atoms with Crippen LogP contribution in [0.4, 0.5) is 17.1 Å². The summed E-state index contributed by atoms with van der Waals surface area (Å²) in [6.45, 7) is 4.21. The van der Waals surface area contributed by atoms with E-state index < -0.39 is 0 Å². The number of hydrogen-bond donors (Lipinski definition) is 1. The summed E-state index contributed by atoms with van der Waals surface area (Å²) in [5, 5.41) is 10.8. The number of hydrogen-bond acceptors (Lipinski definition) is 3. The van der Waals surface area contributed by atoms with Crippen LogP contribution in [0.2, 0.25) is 0 Å². The van der Waals surface area contributed by atoms with E-state index >= 15 is 0 Å². The van der Waals surface area contributed by atoms with Gasteiger partial charge in [0, 0.05) is 61.5 Å². The number of anilines is 1. The topological polar surface area (TPSA) is 27.6 Å². The van der Waals surface area contributed by atoms with E-state index in [2.05, 4.69) is 83.1 Å². The van der Waals surface area contributed by atoms with Gasteiger partial charge in [-0.25, -0.2) is 0 Å². The van der Waals surface area contributed by atoms with Crippen LogP contribution in [-0.4, -0.2) is 32.4 Å². The highest BCUT2D eigenvalue weighted by Crippen LogP contribution is 2.42. The van der Waals surface area contributed by atoms with Crippen LogP contribution >= 0.6 is 0 Å². The van der Waals surface area contributed by atoms with Crippen LogP contribution in [-0.2, 0) is 0 Å². The number of quaternary nitrogens is 1. The van der Waals surface area contributed by atoms with Gasteiger partial charge in [-0.05, 0) is 23.6 Å². The summed E-state index contributed by atoms with van der Waals surface area (Å²) in [7, 11) is 0. The maximum atomic E-state index is 4.88. The Morgan fingerprint density at radius 3 is 2.41 bits per heavy atom. The average Bonchev–Trinajstić information content (AvgIpc) is 3.25. The molecule has 0 bridgehead atoms. The van der Waals surface area contributed by atoms with Gasteiger partial charge in [0.05, 0.1) is 6.21 Å². The molecule has 2 aliphatic rings. The van der Waals surface area contributed by atoms with Gasteiger partial charge in [0.2, 0.25) is 0 Å². The lowest BCUT2D eigenvalue weighted by Gasteiger charge is -2.30. The molecule has 0 radical (unpaired) electrons. The van der Waals surface area contributed by atoms with Crippen molar-refractivity contribution in [3.05, 3.63) is 79.0 Å². The largest absolute Gasteiger partial charge is 0.369 e. The quantitative estimate of drug-likeness (QED) is 0.705. The van der Waals surface area contributed by atoms with Gasteiger partial charge in [-0.3, -0.25) is 0 Å². The second-order valence-corrected chi connectivity index (χ2v) is 7.04. The molecule has 0 aromatic heterocycles. The van der Waals surface area contributed by atoms with Crippen molar-refractivity contribution in [2.75, 3.05) is 31.1 Å². The van der Waals surface area contributed by atoms with Crippen molar-refractivity contribution in [2.24, 2.45) is 5.10 Å². The molecule has 0 aliphatic carbocycles. The minimum absolute atomic E-state index is 0.378. The number of fused-ring (bicyclic) bond motifs is 1. The van der Waals surface area contributed by atoms with Gasteiger partial charge in [0.15, 0.2) is 11.4 Å². The third kappa shape index (κ3) is 2.74. The zero-order valence-corrected chi connectivity index (χ0v) is 15.3. The van der Waals surface area contributed by atoms with Crippen molar-refractivity contribution in [1.82, 2.24) is 9.91 Å². The minimum Gasteiger partial charge on any atom is -0.369 e. The molecule has 1 N–H and O–H groups in total. The summed E-state index contributed by atoms with van der Waals surface area (Å²) >= 11 is 0. The van der Waals surface area contributed by atoms with Gasteiger partial charge in [0.1, 0.15) is 6.20 Å². The fourth-order valence-corrected chi connectivity index (χ4v) is 4.10. The number of benzene rings is 3. The molecule has 0 amide bonds. The third-order valence-corrected chi connectivity index (χ3v) is 5.50. The lowest BCUT2D eigenvalue weighted by atomic mass is 10.1. The maximum absolute atomic E-state index is 4.88. The molecule has 1 atom stereocenters. The summed E-state index contributed by atoms with van der Waals surface area (Å²) < 4.78 is 0.378. The molecule has 0 saturated carbocycles. The Morgan fingerprint density at radius 1 is 0.852 bits per heavy atom. The molecule has 3 aromatic rings. The Morgan fingerprint density at radius 2 is 1.63 bits per heavy atom. The van der Waals surface area contributed by atoms with E-state index in [0.717, 1.165) is 31.9 Å². The predicted octanol–water partition coefficient (Wildman–Crippen LogP) is 4.40. The Hall–Kier alpha value is -2.95. The smallest absolute Gasteiger partial charge is 0.177 e. The second kappa shape index (κ2) is 6.65. The first kappa shape index (κ1) is 16.2. The number of piperazine rings is 1. The van der Waals surface area contributed by atoms with Gasteiger partial charge in [0.25, 0.3) is 0 Å². The highest BCUT2D eigenvalue weighted by atomic mass is 15.6. The van der Waals surface area contributed by atoms with E-state index in [-0.39, 0.29) is 0 Å². The molecule has 134 valence electrons. The number of rotatable bonds is 3. The van der Waals surface area contributed by atoms with Crippen LogP contribution in [0, 0.1) is 0 Å². The molecule has 1 fully saturated rings. The summed E-state index contributed by atoms with van der Waals surface area (Å²) in [6.07, 6.45) is 6.08. The zero-order chi connectivity index (χ0) is 18.1. The standard InChI is InChI=1S/C23H23N4/c1-2-7-22-19(5-1)6-3-8-23(22)27(18-4-13-25-27)21-11-9-20(10-12-21)26-16-14-24-15-17-26/h1-13,18,24H,14-17H2/q+1. The van der Waals surface area contributed by atoms with E-state index in [4.69, 9.17) is 5.10 Å². The molecule has 2 heterocycles. The van der Waals surface area contributed by atoms with E-state index in [9.17, 15) is 0 Å². The maximum Gasteiger partial charge on any atom is 0.177 e. The molecular weight excluding hydrogens is 332 g/mol. The van der Waals surface area contributed by atoms with Crippen molar-refractivity contribution in [1.29, 1.82) is 0 Å². The lowest BCUT2D eigenvalue weighted by molar-refractivity contribution is 0.556. The van der Waals surface area contributed by atoms with Gasteiger partial charge < -0.3 is 10.2 Å². The van der Waals surface area contributed by atoms with Crippen molar-refractivity contribution >= 4 is 34.0 Å². The Balaban J connectivity index is 1.60. The average molecular weight is 355 g/mol. The van der Waals surface area contributed by atoms with E-state index in [1.807, 2.05) is 12.3 Å². The van der Waals surface area contributed by atoms with Gasteiger partial charge >= 0.3 is 0 Å². The Labute approximate surface area is 159 Å². The van der Waals surface area contributed by atoms with Crippen LogP contribution in [0.15, 0.2) is 84.1 Å². The number of allylic oxidation sites excluding steroid dienone is 1. The fraction of sp³-hybridized carbons (Fsp3) is 0.174. The summed E-state index contributed by atoms with van der Waals surface area (Å²) in [6, 6.07) is 23.9. The van der Waals surface area contributed by atoms with Crippen LogP contribution in [0.5, 0.6) is 0 Å². The van der Waals surface area contributed by atoms with E-state index in [0.29, 0.717) is 4.59 Å². The Bertz CT molecular complexity index is 997. The molecule has 2 aliphatic heterocycles. The van der Waals surface area contributed by atoms with Gasteiger partial charge in [-0.15, -0.1) is 4.59 Å². The van der Waals surface area contributed by atoms with Crippen molar-refractivity contribution in [3.8, 4) is 0 Å². The first-order valence-electron chi connectivity index (χ1n) is 9.54. The van der Waals surface area contributed by atoms with E-state index in [1.54, 1.807) is 0 Å². The summed E-state index contributed by atoms with van der Waals surface area (Å²) in [5.74, 6) is 0. The minimum atomic E-state index is 0.378. The van der Waals surface area contributed by atoms with Crippen LogP contribution in [0.3, 0.4) is 0 Å². The number of nitrogens with zero attached hydrogens (tertiary/aromatic N) is 3. The molecule has 3 aromatic carbocycles. The molecule has 1 saturated heterocycles. The first-order valence-corrected chi connectivity index (χ1v) is 9.54. The molecule has 5 rings (SSSR count). The highest BCUT2D eigenvalue weighted by molar-refractivity contribution is 5.96. The van der Waals surface area contributed by atoms with Crippen molar-refractivity contribution < 1.29 is 0 Å². The normalized spacial score (nSPS) is 21.9. The van der Waals surface area contributed by atoms with Crippen LogP contribution in [0.25, 0.3) is 10.8 Å².